The van der Waals surface area contributed by atoms with Crippen molar-refractivity contribution in [3.8, 4) is 0 Å². The van der Waals surface area contributed by atoms with Crippen molar-refractivity contribution >= 4 is 17.5 Å². The number of morpholine rings is 1. The minimum Gasteiger partial charge on any atom is -0.373 e. The number of hydrogen-bond donors (Lipinski definition) is 2. The molecule has 0 saturated carbocycles. The van der Waals surface area contributed by atoms with Crippen molar-refractivity contribution in [3.05, 3.63) is 29.6 Å². The molecule has 0 spiro atoms. The molecule has 0 radical (unpaired) electrons. The van der Waals surface area contributed by atoms with Gasteiger partial charge in [0.15, 0.2) is 17.5 Å². The van der Waals surface area contributed by atoms with E-state index in [0.717, 1.165) is 6.07 Å². The second-order valence-electron chi connectivity index (χ2n) is 6.00. The lowest BCUT2D eigenvalue weighted by molar-refractivity contribution is -0.128. The molecular formula is C16H20F3N3O3. The van der Waals surface area contributed by atoms with Crippen LogP contribution in [-0.4, -0.2) is 55.1 Å². The van der Waals surface area contributed by atoms with Crippen LogP contribution in [0.15, 0.2) is 12.1 Å². The molecule has 1 aromatic carbocycles. The van der Waals surface area contributed by atoms with E-state index < -0.39 is 35.6 Å². The number of nitrogens with zero attached hydrogens (tertiary/aromatic N) is 1. The number of carbonyl (C=O) groups is 2. The fourth-order valence-electron chi connectivity index (χ4n) is 2.67. The lowest BCUT2D eigenvalue weighted by Gasteiger charge is -2.34. The predicted molar refractivity (Wildman–Crippen MR) is 84.4 cm³/mol. The molecule has 2 rings (SSSR count). The van der Waals surface area contributed by atoms with Crippen molar-refractivity contribution in [3.63, 3.8) is 0 Å². The molecule has 2 N–H and O–H groups in total. The Morgan fingerprint density at radius 1 is 1.12 bits per heavy atom. The van der Waals surface area contributed by atoms with Gasteiger partial charge in [-0.05, 0) is 26.0 Å². The molecule has 1 heterocycles. The van der Waals surface area contributed by atoms with E-state index in [1.54, 1.807) is 0 Å². The van der Waals surface area contributed by atoms with Crippen LogP contribution in [0.5, 0.6) is 0 Å². The van der Waals surface area contributed by atoms with Crippen LogP contribution in [-0.2, 0) is 14.3 Å². The van der Waals surface area contributed by atoms with Gasteiger partial charge in [0.2, 0.25) is 11.8 Å². The average Bonchev–Trinajstić information content (AvgIpc) is 2.52. The van der Waals surface area contributed by atoms with Crippen molar-refractivity contribution in [2.75, 3.05) is 31.5 Å². The third-order valence-corrected chi connectivity index (χ3v) is 3.62. The van der Waals surface area contributed by atoms with Gasteiger partial charge in [0.25, 0.3) is 0 Å². The van der Waals surface area contributed by atoms with E-state index >= 15 is 0 Å². The molecule has 1 aliphatic heterocycles. The van der Waals surface area contributed by atoms with Gasteiger partial charge >= 0.3 is 0 Å². The van der Waals surface area contributed by atoms with Crippen molar-refractivity contribution < 1.29 is 27.5 Å². The van der Waals surface area contributed by atoms with Crippen LogP contribution in [0, 0.1) is 17.5 Å². The van der Waals surface area contributed by atoms with E-state index in [1.165, 1.54) is 0 Å². The first-order valence-electron chi connectivity index (χ1n) is 7.84. The van der Waals surface area contributed by atoms with Crippen molar-refractivity contribution in [1.82, 2.24) is 10.2 Å². The number of ether oxygens (including phenoxy) is 1. The van der Waals surface area contributed by atoms with Crippen molar-refractivity contribution in [2.45, 2.75) is 26.1 Å². The molecule has 0 aliphatic carbocycles. The number of benzene rings is 1. The van der Waals surface area contributed by atoms with Crippen LogP contribution in [0.25, 0.3) is 0 Å². The Hall–Kier alpha value is -2.13. The second-order valence-corrected chi connectivity index (χ2v) is 6.00. The largest absolute Gasteiger partial charge is 0.373 e. The van der Waals surface area contributed by atoms with Crippen LogP contribution < -0.4 is 10.6 Å². The molecule has 1 fully saturated rings. The van der Waals surface area contributed by atoms with Gasteiger partial charge in [-0.15, -0.1) is 0 Å². The first-order chi connectivity index (χ1) is 11.8. The highest BCUT2D eigenvalue weighted by Crippen LogP contribution is 2.19. The van der Waals surface area contributed by atoms with E-state index in [9.17, 15) is 22.8 Å². The van der Waals surface area contributed by atoms with Gasteiger partial charge < -0.3 is 15.4 Å². The maximum atomic E-state index is 13.5. The summed E-state index contributed by atoms with van der Waals surface area (Å²) in [7, 11) is 0. The first kappa shape index (κ1) is 19.2. The molecule has 0 unspecified atom stereocenters. The van der Waals surface area contributed by atoms with Gasteiger partial charge in [0.05, 0.1) is 31.0 Å². The Balaban J connectivity index is 1.80. The number of halogens is 3. The van der Waals surface area contributed by atoms with Crippen LogP contribution in [0.1, 0.15) is 13.8 Å². The molecule has 6 nitrogen and oxygen atoms in total. The van der Waals surface area contributed by atoms with E-state index in [2.05, 4.69) is 10.6 Å². The van der Waals surface area contributed by atoms with E-state index in [-0.39, 0.29) is 24.7 Å². The topological polar surface area (TPSA) is 70.7 Å². The monoisotopic (exact) mass is 359 g/mol. The van der Waals surface area contributed by atoms with Crippen molar-refractivity contribution in [1.29, 1.82) is 0 Å². The van der Waals surface area contributed by atoms with E-state index in [4.69, 9.17) is 4.74 Å². The number of carbonyl (C=O) groups excluding carboxylic acids is 2. The quantitative estimate of drug-likeness (QED) is 0.777. The minimum atomic E-state index is -1.67. The fraction of sp³-hybridized carbons (Fsp3) is 0.500. The minimum absolute atomic E-state index is 0.0104. The molecule has 2 amide bonds. The van der Waals surface area contributed by atoms with Gasteiger partial charge in [-0.3, -0.25) is 14.5 Å². The highest BCUT2D eigenvalue weighted by atomic mass is 19.2. The molecule has 0 aromatic heterocycles. The van der Waals surface area contributed by atoms with Crippen LogP contribution in [0.3, 0.4) is 0 Å². The van der Waals surface area contributed by atoms with Crippen molar-refractivity contribution in [2.24, 2.45) is 0 Å². The second kappa shape index (κ2) is 8.30. The molecule has 1 aromatic rings. The summed E-state index contributed by atoms with van der Waals surface area (Å²) in [6.07, 6.45) is 0.0207. The number of rotatable bonds is 5. The highest BCUT2D eigenvalue weighted by Gasteiger charge is 2.23. The third kappa shape index (κ3) is 5.43. The number of anilines is 1. The van der Waals surface area contributed by atoms with Gasteiger partial charge in [-0.1, -0.05) is 0 Å². The number of nitrogens with one attached hydrogen (secondary N) is 2. The smallest absolute Gasteiger partial charge is 0.243 e. The summed E-state index contributed by atoms with van der Waals surface area (Å²) in [5.41, 5.74) is -0.492. The zero-order valence-corrected chi connectivity index (χ0v) is 13.9. The maximum absolute atomic E-state index is 13.5. The Morgan fingerprint density at radius 2 is 1.76 bits per heavy atom. The van der Waals surface area contributed by atoms with Gasteiger partial charge in [-0.25, -0.2) is 13.2 Å². The Labute approximate surface area is 143 Å². The summed E-state index contributed by atoms with van der Waals surface area (Å²) in [5, 5.41) is 4.48. The molecule has 1 saturated heterocycles. The lowest BCUT2D eigenvalue weighted by atomic mass is 10.2. The predicted octanol–water partition coefficient (Wildman–Crippen LogP) is 1.27. The zero-order chi connectivity index (χ0) is 18.6. The molecule has 25 heavy (non-hydrogen) atoms. The standard InChI is InChI=1S/C16H20F3N3O3/c1-9-6-22(7-10(2)25-9)8-14(24)20-5-13(23)21-12-4-3-11(17)15(18)16(12)19/h3-4,9-10H,5-8H2,1-2H3,(H,20,24)(H,21,23)/t9-,10+. The summed E-state index contributed by atoms with van der Waals surface area (Å²) in [4.78, 5) is 25.5. The van der Waals surface area contributed by atoms with Gasteiger partial charge in [-0.2, -0.15) is 0 Å². The first-order valence-corrected chi connectivity index (χ1v) is 7.84. The van der Waals surface area contributed by atoms with Gasteiger partial charge in [0.1, 0.15) is 0 Å². The SMILES string of the molecule is C[C@@H]1CN(CC(=O)NCC(=O)Nc2ccc(F)c(F)c2F)C[C@H](C)O1. The number of hydrogen-bond acceptors (Lipinski definition) is 4. The van der Waals surface area contributed by atoms with Crippen LogP contribution in [0.4, 0.5) is 18.9 Å². The normalized spacial score (nSPS) is 21.0. The molecule has 9 heteroatoms. The van der Waals surface area contributed by atoms with E-state index in [1.807, 2.05) is 18.7 Å². The average molecular weight is 359 g/mol. The summed E-state index contributed by atoms with van der Waals surface area (Å²) in [6, 6.07) is 1.61. The molecule has 1 aliphatic rings. The summed E-state index contributed by atoms with van der Waals surface area (Å²) >= 11 is 0. The summed E-state index contributed by atoms with van der Waals surface area (Å²) in [6.45, 7) is 4.71. The summed E-state index contributed by atoms with van der Waals surface area (Å²) in [5.74, 6) is -5.63. The maximum Gasteiger partial charge on any atom is 0.243 e. The highest BCUT2D eigenvalue weighted by molar-refractivity contribution is 5.94. The van der Waals surface area contributed by atoms with Gasteiger partial charge in [0, 0.05) is 13.1 Å². The number of amides is 2. The third-order valence-electron chi connectivity index (χ3n) is 3.62. The molecular weight excluding hydrogens is 339 g/mol. The Bertz CT molecular complexity index is 647. The molecule has 0 bridgehead atoms. The lowest BCUT2D eigenvalue weighted by Crippen LogP contribution is -2.49. The van der Waals surface area contributed by atoms with E-state index in [0.29, 0.717) is 19.2 Å². The zero-order valence-electron chi connectivity index (χ0n) is 13.9. The Morgan fingerprint density at radius 3 is 2.40 bits per heavy atom. The van der Waals surface area contributed by atoms with Crippen LogP contribution >= 0.6 is 0 Å². The Kier molecular flexibility index (Phi) is 6.38. The summed E-state index contributed by atoms with van der Waals surface area (Å²) < 4.78 is 45.0. The fourth-order valence-corrected chi connectivity index (χ4v) is 2.67. The molecule has 138 valence electrons. The van der Waals surface area contributed by atoms with Crippen LogP contribution in [0.2, 0.25) is 0 Å². The molecule has 2 atom stereocenters.